The number of carbonyl (C=O) groups is 3. The van der Waals surface area contributed by atoms with Gasteiger partial charge >= 0.3 is 5.97 Å². The quantitative estimate of drug-likeness (QED) is 0.525. The number of thioether (sulfide) groups is 1. The lowest BCUT2D eigenvalue weighted by atomic mass is 10.3. The first kappa shape index (κ1) is 14.8. The van der Waals surface area contributed by atoms with Crippen molar-refractivity contribution in [1.29, 1.82) is 0 Å². The number of nitrogens with one attached hydrogen (secondary N) is 2. The summed E-state index contributed by atoms with van der Waals surface area (Å²) in [6.45, 7) is 1.27. The van der Waals surface area contributed by atoms with Crippen LogP contribution >= 0.6 is 11.8 Å². The third-order valence-corrected chi connectivity index (χ3v) is 2.77. The summed E-state index contributed by atoms with van der Waals surface area (Å²) in [7, 11) is 1.55. The van der Waals surface area contributed by atoms with Gasteiger partial charge in [0.25, 0.3) is 0 Å². The van der Waals surface area contributed by atoms with Crippen molar-refractivity contribution in [3.63, 3.8) is 0 Å². The second-order valence-corrected chi connectivity index (χ2v) is 4.24. The van der Waals surface area contributed by atoms with Crippen molar-refractivity contribution in [2.45, 2.75) is 19.4 Å². The van der Waals surface area contributed by atoms with Gasteiger partial charge in [-0.05, 0) is 0 Å². The molecule has 1 atom stereocenters. The van der Waals surface area contributed by atoms with E-state index in [4.69, 9.17) is 5.11 Å². The maximum absolute atomic E-state index is 10.9. The van der Waals surface area contributed by atoms with Gasteiger partial charge in [0.1, 0.15) is 6.04 Å². The van der Waals surface area contributed by atoms with E-state index in [9.17, 15) is 14.4 Å². The van der Waals surface area contributed by atoms with Crippen LogP contribution in [0.25, 0.3) is 0 Å². The van der Waals surface area contributed by atoms with Crippen molar-refractivity contribution < 1.29 is 19.5 Å². The maximum atomic E-state index is 10.9. The molecule has 1 unspecified atom stereocenters. The van der Waals surface area contributed by atoms with Crippen molar-refractivity contribution in [3.05, 3.63) is 0 Å². The van der Waals surface area contributed by atoms with Gasteiger partial charge in [-0.2, -0.15) is 11.8 Å². The van der Waals surface area contributed by atoms with Crippen LogP contribution in [0.4, 0.5) is 0 Å². The molecule has 0 aliphatic rings. The zero-order chi connectivity index (χ0) is 12.6. The highest BCUT2D eigenvalue weighted by atomic mass is 32.2. The van der Waals surface area contributed by atoms with Gasteiger partial charge in [0.2, 0.25) is 11.8 Å². The molecule has 2 amide bonds. The lowest BCUT2D eigenvalue weighted by Gasteiger charge is -2.12. The van der Waals surface area contributed by atoms with Crippen LogP contribution in [-0.4, -0.2) is 47.5 Å². The van der Waals surface area contributed by atoms with Gasteiger partial charge in [0, 0.05) is 31.9 Å². The van der Waals surface area contributed by atoms with E-state index in [1.165, 1.54) is 18.7 Å². The third kappa shape index (κ3) is 7.10. The van der Waals surface area contributed by atoms with Crippen molar-refractivity contribution in [1.82, 2.24) is 10.6 Å². The molecule has 0 rings (SSSR count). The van der Waals surface area contributed by atoms with Crippen molar-refractivity contribution in [2.24, 2.45) is 0 Å². The number of hydrogen-bond acceptors (Lipinski definition) is 4. The lowest BCUT2D eigenvalue weighted by Crippen LogP contribution is -2.41. The molecule has 0 aromatic rings. The second-order valence-electron chi connectivity index (χ2n) is 3.09. The predicted molar refractivity (Wildman–Crippen MR) is 61.2 cm³/mol. The molecule has 0 bridgehead atoms. The number of carboxylic acids is 1. The SMILES string of the molecule is CNC(=O)CCSCC(NC(C)=O)C(=O)O. The fourth-order valence-corrected chi connectivity index (χ4v) is 1.87. The zero-order valence-electron chi connectivity index (χ0n) is 9.28. The first-order valence-electron chi connectivity index (χ1n) is 4.75. The summed E-state index contributed by atoms with van der Waals surface area (Å²) >= 11 is 1.32. The topological polar surface area (TPSA) is 95.5 Å². The molecule has 92 valence electrons. The monoisotopic (exact) mass is 248 g/mol. The molecule has 0 aliphatic carbocycles. The van der Waals surface area contributed by atoms with E-state index in [0.717, 1.165) is 0 Å². The van der Waals surface area contributed by atoms with Crippen molar-refractivity contribution >= 4 is 29.5 Å². The highest BCUT2D eigenvalue weighted by Gasteiger charge is 2.17. The minimum absolute atomic E-state index is 0.0843. The second kappa shape index (κ2) is 7.98. The summed E-state index contributed by atoms with van der Waals surface area (Å²) in [6.07, 6.45) is 0.341. The summed E-state index contributed by atoms with van der Waals surface area (Å²) in [5.41, 5.74) is 0. The largest absolute Gasteiger partial charge is 0.480 e. The fourth-order valence-electron chi connectivity index (χ4n) is 0.911. The van der Waals surface area contributed by atoms with E-state index >= 15 is 0 Å². The van der Waals surface area contributed by atoms with Gasteiger partial charge < -0.3 is 15.7 Å². The van der Waals surface area contributed by atoms with Crippen molar-refractivity contribution in [2.75, 3.05) is 18.6 Å². The number of carbonyl (C=O) groups excluding carboxylic acids is 2. The predicted octanol–water partition coefficient (Wildman–Crippen LogP) is -0.555. The first-order valence-corrected chi connectivity index (χ1v) is 5.91. The zero-order valence-corrected chi connectivity index (χ0v) is 10.1. The molecule has 6 nitrogen and oxygen atoms in total. The molecule has 0 fully saturated rings. The molecular weight excluding hydrogens is 232 g/mol. The Morgan fingerprint density at radius 2 is 2.00 bits per heavy atom. The Bertz CT molecular complexity index is 270. The molecule has 0 radical (unpaired) electrons. The summed E-state index contributed by atoms with van der Waals surface area (Å²) in [5, 5.41) is 13.6. The van der Waals surface area contributed by atoms with Gasteiger partial charge in [0.05, 0.1) is 0 Å². The molecule has 0 aliphatic heterocycles. The van der Waals surface area contributed by atoms with Crippen LogP contribution in [0, 0.1) is 0 Å². The van der Waals surface area contributed by atoms with Crippen LogP contribution in [-0.2, 0) is 14.4 Å². The number of rotatable bonds is 7. The number of aliphatic carboxylic acids is 1. The van der Waals surface area contributed by atoms with E-state index in [2.05, 4.69) is 10.6 Å². The molecule has 0 aromatic heterocycles. The number of carboxylic acid groups (broad SMARTS) is 1. The number of hydrogen-bond donors (Lipinski definition) is 3. The van der Waals surface area contributed by atoms with E-state index < -0.39 is 12.0 Å². The minimum atomic E-state index is -1.07. The van der Waals surface area contributed by atoms with E-state index in [0.29, 0.717) is 12.2 Å². The Morgan fingerprint density at radius 3 is 2.44 bits per heavy atom. The molecule has 0 saturated carbocycles. The summed E-state index contributed by atoms with van der Waals surface area (Å²) in [6, 6.07) is -0.896. The van der Waals surface area contributed by atoms with Crippen LogP contribution in [0.3, 0.4) is 0 Å². The third-order valence-electron chi connectivity index (χ3n) is 1.71. The molecule has 7 heteroatoms. The Kier molecular flexibility index (Phi) is 7.36. The first-order chi connectivity index (χ1) is 7.47. The average molecular weight is 248 g/mol. The van der Waals surface area contributed by atoms with Gasteiger partial charge in [-0.15, -0.1) is 0 Å². The molecule has 0 saturated heterocycles. The van der Waals surface area contributed by atoms with Gasteiger partial charge in [-0.1, -0.05) is 0 Å². The van der Waals surface area contributed by atoms with Crippen LogP contribution in [0.15, 0.2) is 0 Å². The highest BCUT2D eigenvalue weighted by Crippen LogP contribution is 2.05. The van der Waals surface area contributed by atoms with E-state index in [-0.39, 0.29) is 17.6 Å². The van der Waals surface area contributed by atoms with E-state index in [1.807, 2.05) is 0 Å². The Balaban J connectivity index is 3.81. The standard InChI is InChI=1S/C9H16N2O4S/c1-6(12)11-7(9(14)15)5-16-4-3-8(13)10-2/h7H,3-5H2,1-2H3,(H,10,13)(H,11,12)(H,14,15). The summed E-state index contributed by atoms with van der Waals surface area (Å²) in [5.74, 6) is -0.740. The van der Waals surface area contributed by atoms with E-state index in [1.54, 1.807) is 7.05 Å². The number of amides is 2. The summed E-state index contributed by atoms with van der Waals surface area (Å²) in [4.78, 5) is 32.3. The van der Waals surface area contributed by atoms with Crippen LogP contribution < -0.4 is 10.6 Å². The molecule has 0 spiro atoms. The maximum Gasteiger partial charge on any atom is 0.327 e. The van der Waals surface area contributed by atoms with Crippen LogP contribution in [0.1, 0.15) is 13.3 Å². The average Bonchev–Trinajstić information content (AvgIpc) is 2.21. The molecule has 3 N–H and O–H groups in total. The highest BCUT2D eigenvalue weighted by molar-refractivity contribution is 7.99. The van der Waals surface area contributed by atoms with Crippen LogP contribution in [0.2, 0.25) is 0 Å². The van der Waals surface area contributed by atoms with Crippen LogP contribution in [0.5, 0.6) is 0 Å². The molecule has 0 heterocycles. The van der Waals surface area contributed by atoms with Gasteiger partial charge in [-0.3, -0.25) is 9.59 Å². The fraction of sp³-hybridized carbons (Fsp3) is 0.667. The Labute approximate surface area is 98.2 Å². The Hall–Kier alpha value is -1.24. The molecule has 0 aromatic carbocycles. The normalized spacial score (nSPS) is 11.6. The molecule has 16 heavy (non-hydrogen) atoms. The minimum Gasteiger partial charge on any atom is -0.480 e. The lowest BCUT2D eigenvalue weighted by molar-refractivity contribution is -0.140. The molecular formula is C9H16N2O4S. The van der Waals surface area contributed by atoms with Gasteiger partial charge in [0.15, 0.2) is 0 Å². The Morgan fingerprint density at radius 1 is 1.38 bits per heavy atom. The van der Waals surface area contributed by atoms with Crippen molar-refractivity contribution in [3.8, 4) is 0 Å². The summed E-state index contributed by atoms with van der Waals surface area (Å²) < 4.78 is 0. The smallest absolute Gasteiger partial charge is 0.327 e. The van der Waals surface area contributed by atoms with Gasteiger partial charge in [-0.25, -0.2) is 4.79 Å².